The van der Waals surface area contributed by atoms with Crippen LogP contribution in [0, 0.1) is 0 Å². The van der Waals surface area contributed by atoms with Gasteiger partial charge in [0.15, 0.2) is 0 Å². The van der Waals surface area contributed by atoms with E-state index < -0.39 is 10.1 Å². The van der Waals surface area contributed by atoms with E-state index in [1.165, 1.54) is 12.1 Å². The highest BCUT2D eigenvalue weighted by Crippen LogP contribution is 2.16. The number of benzene rings is 1. The molecular weight excluding hydrogens is 308 g/mol. The highest BCUT2D eigenvalue weighted by atomic mass is 79.9. The van der Waals surface area contributed by atoms with Crippen molar-refractivity contribution in [3.05, 3.63) is 28.7 Å². The van der Waals surface area contributed by atoms with Crippen LogP contribution in [0.5, 0.6) is 0 Å². The second-order valence-corrected chi connectivity index (χ2v) is 5.96. The van der Waals surface area contributed by atoms with Crippen LogP contribution in [-0.2, 0) is 19.0 Å². The van der Waals surface area contributed by atoms with Crippen molar-refractivity contribution in [2.45, 2.75) is 17.7 Å². The van der Waals surface area contributed by atoms with Crippen molar-refractivity contribution in [2.24, 2.45) is 0 Å². The molecule has 4 nitrogen and oxygen atoms in total. The number of hydrogen-bond donors (Lipinski definition) is 0. The Morgan fingerprint density at radius 1 is 1.12 bits per heavy atom. The van der Waals surface area contributed by atoms with Crippen molar-refractivity contribution in [1.29, 1.82) is 0 Å². The maximum Gasteiger partial charge on any atom is 0.296 e. The van der Waals surface area contributed by atoms with E-state index in [9.17, 15) is 8.42 Å². The Kier molecular flexibility index (Phi) is 6.11. The molecular formula is C11H15BrO4S. The summed E-state index contributed by atoms with van der Waals surface area (Å²) < 4.78 is 34.0. The number of methoxy groups -OCH3 is 1. The molecule has 96 valence electrons. The van der Waals surface area contributed by atoms with E-state index in [4.69, 9.17) is 8.92 Å². The van der Waals surface area contributed by atoms with Gasteiger partial charge in [0.25, 0.3) is 10.1 Å². The SMILES string of the molecule is COCCCCOS(=O)(=O)c1ccc(Br)cc1. The lowest BCUT2D eigenvalue weighted by Crippen LogP contribution is -2.08. The van der Waals surface area contributed by atoms with E-state index in [0.29, 0.717) is 13.0 Å². The van der Waals surface area contributed by atoms with Crippen molar-refractivity contribution in [3.8, 4) is 0 Å². The Morgan fingerprint density at radius 2 is 1.71 bits per heavy atom. The van der Waals surface area contributed by atoms with Gasteiger partial charge in [0.1, 0.15) is 0 Å². The van der Waals surface area contributed by atoms with Gasteiger partial charge in [0.2, 0.25) is 0 Å². The van der Waals surface area contributed by atoms with Gasteiger partial charge in [-0.3, -0.25) is 4.18 Å². The summed E-state index contributed by atoms with van der Waals surface area (Å²) in [5.41, 5.74) is 0. The number of ether oxygens (including phenoxy) is 1. The maximum atomic E-state index is 11.7. The summed E-state index contributed by atoms with van der Waals surface area (Å²) >= 11 is 3.24. The summed E-state index contributed by atoms with van der Waals surface area (Å²) in [4.78, 5) is 0.174. The Balaban J connectivity index is 2.48. The van der Waals surface area contributed by atoms with Crippen molar-refractivity contribution in [3.63, 3.8) is 0 Å². The smallest absolute Gasteiger partial charge is 0.296 e. The molecule has 1 aromatic rings. The molecule has 0 unspecified atom stereocenters. The minimum atomic E-state index is -3.63. The quantitative estimate of drug-likeness (QED) is 0.572. The molecule has 0 heterocycles. The zero-order valence-electron chi connectivity index (χ0n) is 9.56. The number of halogens is 1. The standard InChI is InChI=1S/C11H15BrO4S/c1-15-8-2-3-9-16-17(13,14)11-6-4-10(12)5-7-11/h4-7H,2-3,8-9H2,1H3. The minimum absolute atomic E-state index is 0.174. The van der Waals surface area contributed by atoms with Crippen LogP contribution in [0.2, 0.25) is 0 Å². The van der Waals surface area contributed by atoms with E-state index in [1.807, 2.05) is 0 Å². The molecule has 1 aromatic carbocycles. The molecule has 0 amide bonds. The highest BCUT2D eigenvalue weighted by Gasteiger charge is 2.14. The van der Waals surface area contributed by atoms with Crippen molar-refractivity contribution < 1.29 is 17.3 Å². The van der Waals surface area contributed by atoms with Gasteiger partial charge in [0, 0.05) is 18.2 Å². The largest absolute Gasteiger partial charge is 0.385 e. The summed E-state index contributed by atoms with van der Waals surface area (Å²) in [5, 5.41) is 0. The van der Waals surface area contributed by atoms with Crippen LogP contribution in [0.4, 0.5) is 0 Å². The van der Waals surface area contributed by atoms with Crippen molar-refractivity contribution in [1.82, 2.24) is 0 Å². The monoisotopic (exact) mass is 322 g/mol. The van der Waals surface area contributed by atoms with E-state index in [-0.39, 0.29) is 11.5 Å². The van der Waals surface area contributed by atoms with Gasteiger partial charge >= 0.3 is 0 Å². The number of hydrogen-bond acceptors (Lipinski definition) is 4. The minimum Gasteiger partial charge on any atom is -0.385 e. The van der Waals surface area contributed by atoms with Crippen LogP contribution in [0.1, 0.15) is 12.8 Å². The second-order valence-electron chi connectivity index (χ2n) is 3.43. The zero-order chi connectivity index (χ0) is 12.7. The van der Waals surface area contributed by atoms with E-state index in [0.717, 1.165) is 10.9 Å². The summed E-state index contributed by atoms with van der Waals surface area (Å²) in [6.45, 7) is 0.795. The molecule has 0 fully saturated rings. The highest BCUT2D eigenvalue weighted by molar-refractivity contribution is 9.10. The maximum absolute atomic E-state index is 11.7. The van der Waals surface area contributed by atoms with Crippen LogP contribution < -0.4 is 0 Å². The molecule has 0 bridgehead atoms. The summed E-state index contributed by atoms with van der Waals surface area (Å²) in [7, 11) is -2.02. The summed E-state index contributed by atoms with van der Waals surface area (Å²) in [6, 6.07) is 6.35. The third kappa shape index (κ3) is 5.16. The van der Waals surface area contributed by atoms with Crippen LogP contribution in [0.15, 0.2) is 33.6 Å². The first-order valence-corrected chi connectivity index (χ1v) is 7.40. The molecule has 0 aliphatic heterocycles. The summed E-state index contributed by atoms with van der Waals surface area (Å²) in [5.74, 6) is 0. The lowest BCUT2D eigenvalue weighted by Gasteiger charge is -2.05. The Labute approximate surface area is 110 Å². The van der Waals surface area contributed by atoms with Gasteiger partial charge in [0.05, 0.1) is 11.5 Å². The van der Waals surface area contributed by atoms with Gasteiger partial charge in [-0.05, 0) is 37.1 Å². The van der Waals surface area contributed by atoms with Crippen LogP contribution in [0.3, 0.4) is 0 Å². The lowest BCUT2D eigenvalue weighted by atomic mass is 10.3. The molecule has 0 atom stereocenters. The van der Waals surface area contributed by atoms with Gasteiger partial charge < -0.3 is 4.74 Å². The molecule has 6 heteroatoms. The van der Waals surface area contributed by atoms with Crippen LogP contribution >= 0.6 is 15.9 Å². The van der Waals surface area contributed by atoms with Crippen molar-refractivity contribution in [2.75, 3.05) is 20.3 Å². The van der Waals surface area contributed by atoms with Gasteiger partial charge in [-0.2, -0.15) is 8.42 Å². The molecule has 1 rings (SSSR count). The van der Waals surface area contributed by atoms with E-state index in [1.54, 1.807) is 19.2 Å². The molecule has 0 spiro atoms. The van der Waals surface area contributed by atoms with E-state index >= 15 is 0 Å². The molecule has 17 heavy (non-hydrogen) atoms. The van der Waals surface area contributed by atoms with Gasteiger partial charge in [-0.15, -0.1) is 0 Å². The van der Waals surface area contributed by atoms with Gasteiger partial charge in [-0.1, -0.05) is 15.9 Å². The first-order valence-electron chi connectivity index (χ1n) is 5.20. The van der Waals surface area contributed by atoms with Crippen molar-refractivity contribution >= 4 is 26.0 Å². The summed E-state index contributed by atoms with van der Waals surface area (Å²) in [6.07, 6.45) is 1.44. The normalized spacial score (nSPS) is 11.6. The Morgan fingerprint density at radius 3 is 2.29 bits per heavy atom. The average molecular weight is 323 g/mol. The lowest BCUT2D eigenvalue weighted by molar-refractivity contribution is 0.184. The fraction of sp³-hybridized carbons (Fsp3) is 0.455. The third-order valence-electron chi connectivity index (χ3n) is 2.08. The topological polar surface area (TPSA) is 52.6 Å². The van der Waals surface area contributed by atoms with E-state index in [2.05, 4.69) is 15.9 Å². The predicted molar refractivity (Wildman–Crippen MR) is 68.4 cm³/mol. The van der Waals surface area contributed by atoms with Gasteiger partial charge in [-0.25, -0.2) is 0 Å². The number of unbranched alkanes of at least 4 members (excludes halogenated alkanes) is 1. The molecule has 0 aliphatic rings. The zero-order valence-corrected chi connectivity index (χ0v) is 12.0. The molecule has 0 saturated heterocycles. The number of rotatable bonds is 7. The Hall–Kier alpha value is -0.430. The third-order valence-corrected chi connectivity index (χ3v) is 3.94. The predicted octanol–water partition coefficient (Wildman–Crippen LogP) is 2.58. The fourth-order valence-corrected chi connectivity index (χ4v) is 2.39. The average Bonchev–Trinajstić information content (AvgIpc) is 2.29. The molecule has 0 saturated carbocycles. The molecule has 0 N–H and O–H groups in total. The first-order chi connectivity index (χ1) is 8.06. The molecule has 0 aromatic heterocycles. The van der Waals surface area contributed by atoms with Crippen LogP contribution in [-0.4, -0.2) is 28.7 Å². The second kappa shape index (κ2) is 7.10. The molecule has 0 aliphatic carbocycles. The first kappa shape index (κ1) is 14.6. The Bertz CT molecular complexity index is 427. The van der Waals surface area contributed by atoms with Crippen LogP contribution in [0.25, 0.3) is 0 Å². The fourth-order valence-electron chi connectivity index (χ4n) is 1.19. The molecule has 0 radical (unpaired) electrons.